The van der Waals surface area contributed by atoms with E-state index in [1.807, 2.05) is 0 Å². The maximum Gasteiger partial charge on any atom is 0.193 e. The number of guanidine groups is 1. The molecule has 0 aromatic heterocycles. The molecule has 2 fully saturated rings. The summed E-state index contributed by atoms with van der Waals surface area (Å²) in [7, 11) is 2.10. The Morgan fingerprint density at radius 1 is 1.34 bits per heavy atom. The Bertz CT molecular complexity index is 642. The van der Waals surface area contributed by atoms with Crippen LogP contribution in [0.3, 0.4) is 0 Å². The Morgan fingerprint density at radius 2 is 2.14 bits per heavy atom. The number of ether oxygens (including phenoxy) is 2. The molecule has 1 aliphatic heterocycles. The molecule has 1 aromatic rings. The van der Waals surface area contributed by atoms with Gasteiger partial charge in [-0.05, 0) is 38.2 Å². The van der Waals surface area contributed by atoms with Crippen LogP contribution in [0.4, 0.5) is 0 Å². The highest BCUT2D eigenvalue weighted by Crippen LogP contribution is 2.28. The minimum absolute atomic E-state index is 0.270. The predicted octanol–water partition coefficient (Wildman–Crippen LogP) is 2.69. The zero-order valence-corrected chi connectivity index (χ0v) is 18.4. The van der Waals surface area contributed by atoms with Crippen molar-refractivity contribution in [2.24, 2.45) is 10.9 Å². The third-order valence-corrected chi connectivity index (χ3v) is 5.65. The zero-order valence-electron chi connectivity index (χ0n) is 18.4. The fraction of sp³-hybridized carbons (Fsp3) is 0.696. The number of aryl methyl sites for hydroxylation is 1. The molecule has 0 radical (unpaired) electrons. The molecule has 1 aliphatic carbocycles. The highest BCUT2D eigenvalue weighted by molar-refractivity contribution is 5.79. The fourth-order valence-electron chi connectivity index (χ4n) is 3.68. The summed E-state index contributed by atoms with van der Waals surface area (Å²) in [6, 6.07) is 9.09. The van der Waals surface area contributed by atoms with Gasteiger partial charge in [0.05, 0.1) is 32.4 Å². The van der Waals surface area contributed by atoms with Crippen LogP contribution in [0.15, 0.2) is 29.3 Å². The highest BCUT2D eigenvalue weighted by atomic mass is 16.5. The van der Waals surface area contributed by atoms with Crippen LogP contribution in [0, 0.1) is 12.8 Å². The molecule has 3 rings (SSSR count). The van der Waals surface area contributed by atoms with Gasteiger partial charge in [0.15, 0.2) is 5.96 Å². The summed E-state index contributed by atoms with van der Waals surface area (Å²) in [5.74, 6) is 1.76. The molecule has 0 bridgehead atoms. The van der Waals surface area contributed by atoms with E-state index in [-0.39, 0.29) is 6.04 Å². The zero-order chi connectivity index (χ0) is 20.5. The Balaban J connectivity index is 1.64. The molecule has 1 aromatic carbocycles. The van der Waals surface area contributed by atoms with Crippen molar-refractivity contribution < 1.29 is 9.47 Å². The summed E-state index contributed by atoms with van der Waals surface area (Å²) >= 11 is 0. The van der Waals surface area contributed by atoms with E-state index < -0.39 is 0 Å². The molecule has 0 spiro atoms. The first-order valence-electron chi connectivity index (χ1n) is 11.1. The number of nitrogens with one attached hydrogen (secondary N) is 1. The van der Waals surface area contributed by atoms with Crippen LogP contribution >= 0.6 is 0 Å². The van der Waals surface area contributed by atoms with Gasteiger partial charge in [0.1, 0.15) is 0 Å². The van der Waals surface area contributed by atoms with Crippen molar-refractivity contribution >= 4 is 5.96 Å². The van der Waals surface area contributed by atoms with Crippen LogP contribution in [0.5, 0.6) is 0 Å². The SMILES string of the molecule is CCNC(=NCC(c1cccc(C)c1)N1CCOCC1)N(C)CCOCC1CC1. The summed E-state index contributed by atoms with van der Waals surface area (Å²) in [6.07, 6.45) is 2.67. The second-order valence-corrected chi connectivity index (χ2v) is 8.21. The van der Waals surface area contributed by atoms with E-state index in [9.17, 15) is 0 Å². The van der Waals surface area contributed by atoms with Crippen molar-refractivity contribution in [3.05, 3.63) is 35.4 Å². The van der Waals surface area contributed by atoms with E-state index in [1.54, 1.807) is 0 Å². The summed E-state index contributed by atoms with van der Waals surface area (Å²) in [5, 5.41) is 3.44. The molecule has 6 heteroatoms. The van der Waals surface area contributed by atoms with Crippen molar-refractivity contribution in [1.29, 1.82) is 0 Å². The predicted molar refractivity (Wildman–Crippen MR) is 118 cm³/mol. The molecule has 1 unspecified atom stereocenters. The minimum atomic E-state index is 0.270. The molecule has 1 atom stereocenters. The largest absolute Gasteiger partial charge is 0.379 e. The molecule has 162 valence electrons. The Kier molecular flexibility index (Phi) is 8.77. The number of rotatable bonds is 10. The van der Waals surface area contributed by atoms with Crippen molar-refractivity contribution in [1.82, 2.24) is 15.1 Å². The van der Waals surface area contributed by atoms with Crippen molar-refractivity contribution in [3.63, 3.8) is 0 Å². The topological polar surface area (TPSA) is 49.3 Å². The Morgan fingerprint density at radius 3 is 2.83 bits per heavy atom. The third kappa shape index (κ3) is 7.28. The average molecular weight is 403 g/mol. The van der Waals surface area contributed by atoms with Gasteiger partial charge in [-0.25, -0.2) is 0 Å². The van der Waals surface area contributed by atoms with E-state index >= 15 is 0 Å². The summed E-state index contributed by atoms with van der Waals surface area (Å²) in [4.78, 5) is 9.70. The molecule has 2 aliphatic rings. The average Bonchev–Trinajstić information content (AvgIpc) is 3.56. The molecule has 1 saturated carbocycles. The standard InChI is InChI=1S/C23H38N4O2/c1-4-24-23(26(3)10-13-29-18-20-8-9-20)25-17-22(27-11-14-28-15-12-27)21-7-5-6-19(2)16-21/h5-7,16,20,22H,4,8-15,17-18H2,1-3H3,(H,24,25). The first-order valence-corrected chi connectivity index (χ1v) is 11.1. The summed E-state index contributed by atoms with van der Waals surface area (Å²) in [5.41, 5.74) is 2.63. The normalized spacial score (nSPS) is 19.2. The molecule has 6 nitrogen and oxygen atoms in total. The second-order valence-electron chi connectivity index (χ2n) is 8.21. The van der Waals surface area contributed by atoms with Gasteiger partial charge in [-0.1, -0.05) is 29.8 Å². The van der Waals surface area contributed by atoms with Crippen LogP contribution in [-0.2, 0) is 9.47 Å². The van der Waals surface area contributed by atoms with Gasteiger partial charge >= 0.3 is 0 Å². The number of aliphatic imine (C=N–C) groups is 1. The van der Waals surface area contributed by atoms with Crippen LogP contribution < -0.4 is 5.32 Å². The fourth-order valence-corrected chi connectivity index (χ4v) is 3.68. The smallest absolute Gasteiger partial charge is 0.193 e. The molecule has 1 heterocycles. The number of likely N-dealkylation sites (N-methyl/N-ethyl adjacent to an activating group) is 1. The lowest BCUT2D eigenvalue weighted by Crippen LogP contribution is -2.43. The number of hydrogen-bond acceptors (Lipinski definition) is 4. The maximum absolute atomic E-state index is 5.81. The van der Waals surface area contributed by atoms with E-state index in [0.717, 1.165) is 71.0 Å². The first-order chi connectivity index (χ1) is 14.2. The number of nitrogens with zero attached hydrogens (tertiary/aromatic N) is 3. The third-order valence-electron chi connectivity index (χ3n) is 5.65. The maximum atomic E-state index is 5.81. The highest BCUT2D eigenvalue weighted by Gasteiger charge is 2.23. The summed E-state index contributed by atoms with van der Waals surface area (Å²) < 4.78 is 11.4. The molecule has 1 saturated heterocycles. The van der Waals surface area contributed by atoms with Crippen LogP contribution in [-0.4, -0.2) is 82.0 Å². The van der Waals surface area contributed by atoms with E-state index in [4.69, 9.17) is 14.5 Å². The molecule has 0 amide bonds. The summed E-state index contributed by atoms with van der Waals surface area (Å²) in [6.45, 7) is 11.9. The van der Waals surface area contributed by atoms with Gasteiger partial charge in [-0.2, -0.15) is 0 Å². The van der Waals surface area contributed by atoms with Gasteiger partial charge in [-0.15, -0.1) is 0 Å². The number of morpholine rings is 1. The Labute approximate surface area is 176 Å². The van der Waals surface area contributed by atoms with Gasteiger partial charge in [0.25, 0.3) is 0 Å². The lowest BCUT2D eigenvalue weighted by molar-refractivity contribution is 0.0179. The van der Waals surface area contributed by atoms with Gasteiger partial charge < -0.3 is 19.7 Å². The monoisotopic (exact) mass is 402 g/mol. The van der Waals surface area contributed by atoms with Crippen molar-refractivity contribution in [3.8, 4) is 0 Å². The quantitative estimate of drug-likeness (QED) is 0.370. The van der Waals surface area contributed by atoms with E-state index in [1.165, 1.54) is 24.0 Å². The molecular formula is C23H38N4O2. The number of hydrogen-bond donors (Lipinski definition) is 1. The van der Waals surface area contributed by atoms with Crippen molar-refractivity contribution in [2.75, 3.05) is 66.2 Å². The van der Waals surface area contributed by atoms with Crippen molar-refractivity contribution in [2.45, 2.75) is 32.7 Å². The lowest BCUT2D eigenvalue weighted by Gasteiger charge is -2.34. The van der Waals surface area contributed by atoms with E-state index in [2.05, 4.69) is 60.3 Å². The van der Waals surface area contributed by atoms with Crippen LogP contribution in [0.1, 0.15) is 36.9 Å². The lowest BCUT2D eigenvalue weighted by atomic mass is 10.0. The van der Waals surface area contributed by atoms with Crippen LogP contribution in [0.25, 0.3) is 0 Å². The van der Waals surface area contributed by atoms with Gasteiger partial charge in [0, 0.05) is 39.8 Å². The van der Waals surface area contributed by atoms with Crippen LogP contribution in [0.2, 0.25) is 0 Å². The van der Waals surface area contributed by atoms with E-state index in [0.29, 0.717) is 0 Å². The van der Waals surface area contributed by atoms with Gasteiger partial charge in [-0.3, -0.25) is 9.89 Å². The molecule has 29 heavy (non-hydrogen) atoms. The second kappa shape index (κ2) is 11.5. The van der Waals surface area contributed by atoms with Gasteiger partial charge in [0.2, 0.25) is 0 Å². The Hall–Kier alpha value is -1.63. The molecular weight excluding hydrogens is 364 g/mol. The minimum Gasteiger partial charge on any atom is -0.379 e. The molecule has 1 N–H and O–H groups in total. The first kappa shape index (κ1) is 22.1. The number of benzene rings is 1.